The number of nitrogens with one attached hydrogen (secondary N) is 2. The number of para-hydroxylation sites is 2. The second-order valence-electron chi connectivity index (χ2n) is 10.8. The smallest absolute Gasteiger partial charge is 0.254 e. The number of anilines is 1. The second kappa shape index (κ2) is 12.5. The summed E-state index contributed by atoms with van der Waals surface area (Å²) < 4.78 is 6.03. The van der Waals surface area contributed by atoms with Gasteiger partial charge < -0.3 is 15.0 Å². The van der Waals surface area contributed by atoms with Gasteiger partial charge in [0.05, 0.1) is 28.4 Å². The lowest BCUT2D eigenvalue weighted by Crippen LogP contribution is -2.52. The molecule has 222 valence electrons. The van der Waals surface area contributed by atoms with Crippen LogP contribution in [0.4, 0.5) is 5.69 Å². The molecule has 44 heavy (non-hydrogen) atoms. The van der Waals surface area contributed by atoms with Crippen molar-refractivity contribution in [2.75, 3.05) is 18.4 Å². The largest absolute Gasteiger partial charge is 0.489 e. The van der Waals surface area contributed by atoms with E-state index >= 15 is 0 Å². The van der Waals surface area contributed by atoms with Crippen molar-refractivity contribution in [3.8, 4) is 5.75 Å². The summed E-state index contributed by atoms with van der Waals surface area (Å²) in [7, 11) is 0. The van der Waals surface area contributed by atoms with Crippen LogP contribution in [0.5, 0.6) is 5.75 Å². The molecule has 1 fully saturated rings. The predicted molar refractivity (Wildman–Crippen MR) is 165 cm³/mol. The van der Waals surface area contributed by atoms with Crippen molar-refractivity contribution >= 4 is 45.2 Å². The molecule has 1 aliphatic heterocycles. The second-order valence-corrected chi connectivity index (χ2v) is 10.8. The number of benzene rings is 3. The summed E-state index contributed by atoms with van der Waals surface area (Å²) in [6.45, 7) is 2.57. The summed E-state index contributed by atoms with van der Waals surface area (Å²) in [5.74, 6) is -2.40. The van der Waals surface area contributed by atoms with Gasteiger partial charge in [-0.1, -0.05) is 36.4 Å². The van der Waals surface area contributed by atoms with Crippen LogP contribution in [0, 0.1) is 18.8 Å². The molecule has 2 atom stereocenters. The molecule has 1 saturated heterocycles. The Hall–Kier alpha value is -5.35. The Kier molecular flexibility index (Phi) is 8.16. The summed E-state index contributed by atoms with van der Waals surface area (Å²) in [6.07, 6.45) is 1.82. The maximum absolute atomic E-state index is 13.5. The van der Waals surface area contributed by atoms with Crippen LogP contribution in [0.1, 0.15) is 28.0 Å². The third-order valence-electron chi connectivity index (χ3n) is 8.01. The van der Waals surface area contributed by atoms with Gasteiger partial charge in [-0.05, 0) is 61.9 Å². The highest BCUT2D eigenvalue weighted by molar-refractivity contribution is 6.06. The van der Waals surface area contributed by atoms with Gasteiger partial charge in [0.15, 0.2) is 0 Å². The van der Waals surface area contributed by atoms with E-state index in [9.17, 15) is 19.6 Å². The van der Waals surface area contributed by atoms with Gasteiger partial charge in [-0.15, -0.1) is 0 Å². The van der Waals surface area contributed by atoms with Gasteiger partial charge in [0, 0.05) is 47.0 Å². The fourth-order valence-corrected chi connectivity index (χ4v) is 5.80. The van der Waals surface area contributed by atoms with Crippen molar-refractivity contribution in [3.05, 3.63) is 108 Å². The number of carbonyl (C=O) groups is 3. The van der Waals surface area contributed by atoms with Gasteiger partial charge in [0.25, 0.3) is 5.91 Å². The number of pyridine rings is 2. The van der Waals surface area contributed by atoms with Crippen LogP contribution in [0.3, 0.4) is 0 Å². The SMILES string of the molecule is Cc1cc(COc2ccc(NC(=O)C3CCN(C(=O)c4ccnc5ccccc45)C[C@@H]3C(=O)NO)cc2)c2ccccc2n1. The Labute approximate surface area is 253 Å². The zero-order chi connectivity index (χ0) is 30.6. The molecule has 3 N–H and O–H groups in total. The van der Waals surface area contributed by atoms with Gasteiger partial charge in [-0.3, -0.25) is 29.6 Å². The molecule has 5 aromatic rings. The van der Waals surface area contributed by atoms with Crippen molar-refractivity contribution in [2.24, 2.45) is 11.8 Å². The molecule has 1 unspecified atom stereocenters. The van der Waals surface area contributed by atoms with Crippen LogP contribution >= 0.6 is 0 Å². The number of hydrogen-bond donors (Lipinski definition) is 3. The quantitative estimate of drug-likeness (QED) is 0.182. The molecule has 0 radical (unpaired) electrons. The fraction of sp³-hybridized carbons (Fsp3) is 0.206. The van der Waals surface area contributed by atoms with Gasteiger partial charge in [0.1, 0.15) is 12.4 Å². The lowest BCUT2D eigenvalue weighted by Gasteiger charge is -2.36. The minimum atomic E-state index is -0.938. The van der Waals surface area contributed by atoms with Crippen LogP contribution in [0.15, 0.2) is 91.1 Å². The van der Waals surface area contributed by atoms with Crippen LogP contribution in [-0.4, -0.2) is 50.9 Å². The first-order chi connectivity index (χ1) is 21.4. The molecule has 0 aliphatic carbocycles. The molecule has 3 amide bonds. The van der Waals surface area contributed by atoms with E-state index < -0.39 is 17.7 Å². The topological polar surface area (TPSA) is 134 Å². The summed E-state index contributed by atoms with van der Waals surface area (Å²) in [5.41, 5.74) is 6.23. The monoisotopic (exact) mass is 589 g/mol. The first kappa shape index (κ1) is 28.8. The molecule has 0 bridgehead atoms. The Morgan fingerprint density at radius 3 is 2.41 bits per heavy atom. The lowest BCUT2D eigenvalue weighted by atomic mass is 9.83. The molecule has 6 rings (SSSR count). The number of fused-ring (bicyclic) bond motifs is 2. The van der Waals surface area contributed by atoms with Crippen molar-refractivity contribution in [1.29, 1.82) is 0 Å². The highest BCUT2D eigenvalue weighted by Gasteiger charge is 2.40. The Balaban J connectivity index is 1.11. The Bertz CT molecular complexity index is 1850. The van der Waals surface area contributed by atoms with E-state index in [1.165, 1.54) is 0 Å². The average molecular weight is 590 g/mol. The molecule has 0 spiro atoms. The van der Waals surface area contributed by atoms with Crippen LogP contribution in [0.25, 0.3) is 21.8 Å². The molecule has 0 saturated carbocycles. The summed E-state index contributed by atoms with van der Waals surface area (Å²) in [5, 5.41) is 14.1. The molecule has 2 aromatic heterocycles. The zero-order valence-corrected chi connectivity index (χ0v) is 24.1. The van der Waals surface area contributed by atoms with Gasteiger partial charge in [0.2, 0.25) is 11.8 Å². The predicted octanol–water partition coefficient (Wildman–Crippen LogP) is 4.89. The van der Waals surface area contributed by atoms with E-state index in [1.54, 1.807) is 46.9 Å². The molecule has 10 nitrogen and oxygen atoms in total. The number of aromatic nitrogens is 2. The molecule has 1 aliphatic rings. The number of aryl methyl sites for hydroxylation is 1. The van der Waals surface area contributed by atoms with E-state index in [0.29, 0.717) is 34.5 Å². The first-order valence-corrected chi connectivity index (χ1v) is 14.4. The molecule has 3 aromatic carbocycles. The van der Waals surface area contributed by atoms with Gasteiger partial charge in [-0.25, -0.2) is 5.48 Å². The van der Waals surface area contributed by atoms with Crippen LogP contribution < -0.4 is 15.5 Å². The van der Waals surface area contributed by atoms with E-state index in [2.05, 4.69) is 15.3 Å². The molecular formula is C34H31N5O5. The molecule has 3 heterocycles. The molecule has 10 heteroatoms. The number of rotatable bonds is 7. The van der Waals surface area contributed by atoms with Gasteiger partial charge in [-0.2, -0.15) is 0 Å². The maximum Gasteiger partial charge on any atom is 0.254 e. The summed E-state index contributed by atoms with van der Waals surface area (Å²) >= 11 is 0. The third-order valence-corrected chi connectivity index (χ3v) is 8.01. The first-order valence-electron chi connectivity index (χ1n) is 14.4. The number of nitrogens with zero attached hydrogens (tertiary/aromatic N) is 3. The number of carbonyl (C=O) groups excluding carboxylic acids is 3. The normalized spacial score (nSPS) is 16.5. The number of hydrogen-bond acceptors (Lipinski definition) is 7. The average Bonchev–Trinajstić information content (AvgIpc) is 3.06. The number of piperidine rings is 1. The number of ether oxygens (including phenoxy) is 1. The van der Waals surface area contributed by atoms with Crippen LogP contribution in [-0.2, 0) is 16.2 Å². The van der Waals surface area contributed by atoms with Crippen molar-refractivity contribution in [1.82, 2.24) is 20.3 Å². The van der Waals surface area contributed by atoms with Crippen molar-refractivity contribution in [3.63, 3.8) is 0 Å². The van der Waals surface area contributed by atoms with Crippen molar-refractivity contribution in [2.45, 2.75) is 20.0 Å². The van der Waals surface area contributed by atoms with E-state index in [4.69, 9.17) is 4.74 Å². The van der Waals surface area contributed by atoms with Crippen LogP contribution in [0.2, 0.25) is 0 Å². The van der Waals surface area contributed by atoms with E-state index in [0.717, 1.165) is 22.2 Å². The minimum absolute atomic E-state index is 0.0180. The number of likely N-dealkylation sites (tertiary alicyclic amines) is 1. The Morgan fingerprint density at radius 1 is 0.909 bits per heavy atom. The zero-order valence-electron chi connectivity index (χ0n) is 24.1. The lowest BCUT2D eigenvalue weighted by molar-refractivity contribution is -0.141. The fourth-order valence-electron chi connectivity index (χ4n) is 5.80. The molecular weight excluding hydrogens is 558 g/mol. The van der Waals surface area contributed by atoms with E-state index in [-0.39, 0.29) is 31.3 Å². The number of hydroxylamine groups is 1. The highest BCUT2D eigenvalue weighted by Crippen LogP contribution is 2.29. The summed E-state index contributed by atoms with van der Waals surface area (Å²) in [4.78, 5) is 49.9. The highest BCUT2D eigenvalue weighted by atomic mass is 16.5. The maximum atomic E-state index is 13.5. The summed E-state index contributed by atoms with van der Waals surface area (Å²) in [6, 6.07) is 25.9. The standard InChI is InChI=1S/C34H31N5O5/c1-21-18-22(25-6-2-5-9-31(25)36-21)20-44-24-12-10-23(11-13-24)37-32(40)27-15-17-39(19-29(27)33(41)38-43)34(42)28-14-16-35-30-8-4-3-7-26(28)30/h2-14,16,18,27,29,43H,15,17,19-20H2,1H3,(H,37,40)(H,38,41)/t27?,29-/m0/s1. The van der Waals surface area contributed by atoms with E-state index in [1.807, 2.05) is 61.5 Å². The van der Waals surface area contributed by atoms with Crippen molar-refractivity contribution < 1.29 is 24.3 Å². The minimum Gasteiger partial charge on any atom is -0.489 e. The Morgan fingerprint density at radius 2 is 1.64 bits per heavy atom. The van der Waals surface area contributed by atoms with Gasteiger partial charge >= 0.3 is 0 Å². The number of amides is 3. The third kappa shape index (κ3) is 5.93.